The minimum absolute atomic E-state index is 0.111. The van der Waals surface area contributed by atoms with Gasteiger partial charge in [-0.25, -0.2) is 0 Å². The molecule has 124 valence electrons. The summed E-state index contributed by atoms with van der Waals surface area (Å²) in [7, 11) is 0. The summed E-state index contributed by atoms with van der Waals surface area (Å²) in [6.07, 6.45) is 0.142. The normalized spacial score (nSPS) is 17.2. The van der Waals surface area contributed by atoms with Crippen LogP contribution in [0.1, 0.15) is 6.42 Å². The van der Waals surface area contributed by atoms with Crippen LogP contribution in [0.2, 0.25) is 15.1 Å². The molecule has 0 aliphatic carbocycles. The van der Waals surface area contributed by atoms with E-state index in [4.69, 9.17) is 34.8 Å². The molecule has 7 heteroatoms. The zero-order chi connectivity index (χ0) is 17.3. The average molecular weight is 384 g/mol. The highest BCUT2D eigenvalue weighted by Gasteiger charge is 2.35. The Morgan fingerprint density at radius 1 is 1.08 bits per heavy atom. The van der Waals surface area contributed by atoms with Crippen molar-refractivity contribution in [1.82, 2.24) is 0 Å². The summed E-state index contributed by atoms with van der Waals surface area (Å²) < 4.78 is 0. The number of hydrogen-bond donors (Lipinski definition) is 1. The van der Waals surface area contributed by atoms with Gasteiger partial charge in [0, 0.05) is 28.7 Å². The van der Waals surface area contributed by atoms with E-state index in [-0.39, 0.29) is 18.2 Å². The molecule has 1 aliphatic rings. The van der Waals surface area contributed by atoms with Crippen molar-refractivity contribution in [3.63, 3.8) is 0 Å². The predicted molar refractivity (Wildman–Crippen MR) is 97.0 cm³/mol. The largest absolute Gasteiger partial charge is 0.324 e. The molecule has 0 radical (unpaired) electrons. The van der Waals surface area contributed by atoms with Gasteiger partial charge < -0.3 is 10.2 Å². The Morgan fingerprint density at radius 2 is 1.83 bits per heavy atom. The van der Waals surface area contributed by atoms with Gasteiger partial charge in [0.25, 0.3) is 0 Å². The molecular weight excluding hydrogens is 371 g/mol. The highest BCUT2D eigenvalue weighted by molar-refractivity contribution is 6.36. The van der Waals surface area contributed by atoms with Gasteiger partial charge in [-0.05, 0) is 36.4 Å². The van der Waals surface area contributed by atoms with Gasteiger partial charge in [-0.2, -0.15) is 0 Å². The van der Waals surface area contributed by atoms with E-state index in [9.17, 15) is 9.59 Å². The first-order chi connectivity index (χ1) is 11.4. The predicted octanol–water partition coefficient (Wildman–Crippen LogP) is 4.64. The van der Waals surface area contributed by atoms with Crippen LogP contribution in [0.5, 0.6) is 0 Å². The van der Waals surface area contributed by atoms with Crippen LogP contribution < -0.4 is 10.2 Å². The highest BCUT2D eigenvalue weighted by Crippen LogP contribution is 2.29. The number of carbonyl (C=O) groups excluding carboxylic acids is 2. The average Bonchev–Trinajstić information content (AvgIpc) is 2.92. The maximum absolute atomic E-state index is 12.4. The van der Waals surface area contributed by atoms with Crippen molar-refractivity contribution in [3.8, 4) is 0 Å². The second-order valence-corrected chi connectivity index (χ2v) is 6.78. The van der Waals surface area contributed by atoms with Crippen LogP contribution >= 0.6 is 34.8 Å². The van der Waals surface area contributed by atoms with Crippen LogP contribution in [0.15, 0.2) is 42.5 Å². The lowest BCUT2D eigenvalue weighted by Gasteiger charge is -2.17. The van der Waals surface area contributed by atoms with Crippen molar-refractivity contribution in [2.45, 2.75) is 6.42 Å². The summed E-state index contributed by atoms with van der Waals surface area (Å²) in [6.45, 7) is 0.302. The van der Waals surface area contributed by atoms with Crippen LogP contribution in [0.3, 0.4) is 0 Å². The van der Waals surface area contributed by atoms with Crippen LogP contribution in [-0.4, -0.2) is 18.4 Å². The lowest BCUT2D eigenvalue weighted by Crippen LogP contribution is -2.28. The zero-order valence-corrected chi connectivity index (χ0v) is 14.7. The molecule has 0 bridgehead atoms. The van der Waals surface area contributed by atoms with Crippen molar-refractivity contribution in [2.75, 3.05) is 16.8 Å². The van der Waals surface area contributed by atoms with Crippen LogP contribution in [0.4, 0.5) is 11.4 Å². The van der Waals surface area contributed by atoms with Gasteiger partial charge in [0.05, 0.1) is 16.6 Å². The maximum Gasteiger partial charge on any atom is 0.229 e. The monoisotopic (exact) mass is 382 g/mol. The summed E-state index contributed by atoms with van der Waals surface area (Å²) in [6, 6.07) is 11.8. The van der Waals surface area contributed by atoms with Gasteiger partial charge in [-0.1, -0.05) is 40.9 Å². The van der Waals surface area contributed by atoms with Crippen LogP contribution in [0, 0.1) is 5.92 Å². The standard InChI is InChI=1S/C17H13Cl3N2O2/c18-11-2-1-3-13(7-11)22-9-10(6-16(22)23)17(24)21-15-5-4-12(19)8-14(15)20/h1-5,7-8,10H,6,9H2,(H,21,24)/t10-/m1/s1. The SMILES string of the molecule is O=C(Nc1ccc(Cl)cc1Cl)[C@@H]1CC(=O)N(c2cccc(Cl)c2)C1. The molecule has 1 aliphatic heterocycles. The molecule has 1 N–H and O–H groups in total. The zero-order valence-electron chi connectivity index (χ0n) is 12.4. The van der Waals surface area contributed by atoms with Crippen molar-refractivity contribution < 1.29 is 9.59 Å². The number of halogens is 3. The van der Waals surface area contributed by atoms with Gasteiger partial charge in [0.1, 0.15) is 0 Å². The highest BCUT2D eigenvalue weighted by atomic mass is 35.5. The number of anilines is 2. The first-order valence-corrected chi connectivity index (χ1v) is 8.39. The first kappa shape index (κ1) is 17.1. The lowest BCUT2D eigenvalue weighted by molar-refractivity contribution is -0.122. The van der Waals surface area contributed by atoms with Gasteiger partial charge in [-0.15, -0.1) is 0 Å². The van der Waals surface area contributed by atoms with E-state index < -0.39 is 5.92 Å². The Hall–Kier alpha value is -1.75. The van der Waals surface area contributed by atoms with Crippen LogP contribution in [-0.2, 0) is 9.59 Å². The molecule has 1 heterocycles. The Labute approximate surface area is 154 Å². The summed E-state index contributed by atoms with van der Waals surface area (Å²) in [4.78, 5) is 26.2. The van der Waals surface area contributed by atoms with Gasteiger partial charge in [0.15, 0.2) is 0 Å². The Morgan fingerprint density at radius 3 is 2.54 bits per heavy atom. The summed E-state index contributed by atoms with van der Waals surface area (Å²) >= 11 is 17.9. The second-order valence-electron chi connectivity index (χ2n) is 5.50. The van der Waals surface area contributed by atoms with E-state index in [1.54, 1.807) is 47.4 Å². The smallest absolute Gasteiger partial charge is 0.229 e. The fraction of sp³-hybridized carbons (Fsp3) is 0.176. The van der Waals surface area contributed by atoms with E-state index in [0.29, 0.717) is 33.0 Å². The molecule has 1 atom stereocenters. The van der Waals surface area contributed by atoms with E-state index in [0.717, 1.165) is 0 Å². The molecule has 1 saturated heterocycles. The molecular formula is C17H13Cl3N2O2. The minimum Gasteiger partial charge on any atom is -0.324 e. The molecule has 4 nitrogen and oxygen atoms in total. The summed E-state index contributed by atoms with van der Waals surface area (Å²) in [5.41, 5.74) is 1.16. The maximum atomic E-state index is 12.4. The molecule has 0 unspecified atom stereocenters. The number of benzene rings is 2. The van der Waals surface area contributed by atoms with Crippen molar-refractivity contribution in [2.24, 2.45) is 5.92 Å². The summed E-state index contributed by atoms with van der Waals surface area (Å²) in [5.74, 6) is -0.819. The molecule has 2 amide bonds. The van der Waals surface area contributed by atoms with Gasteiger partial charge in [0.2, 0.25) is 11.8 Å². The molecule has 24 heavy (non-hydrogen) atoms. The molecule has 0 aromatic heterocycles. The quantitative estimate of drug-likeness (QED) is 0.839. The number of amides is 2. The van der Waals surface area contributed by atoms with E-state index >= 15 is 0 Å². The fourth-order valence-electron chi connectivity index (χ4n) is 2.60. The van der Waals surface area contributed by atoms with Crippen molar-refractivity contribution >= 4 is 58.0 Å². The molecule has 3 rings (SSSR count). The van der Waals surface area contributed by atoms with E-state index in [1.807, 2.05) is 0 Å². The van der Waals surface area contributed by atoms with Crippen molar-refractivity contribution in [1.29, 1.82) is 0 Å². The lowest BCUT2D eigenvalue weighted by atomic mass is 10.1. The molecule has 1 fully saturated rings. The molecule has 0 spiro atoms. The van der Waals surface area contributed by atoms with E-state index in [1.165, 1.54) is 0 Å². The van der Waals surface area contributed by atoms with Gasteiger partial charge in [-0.3, -0.25) is 9.59 Å². The number of carbonyl (C=O) groups is 2. The third kappa shape index (κ3) is 3.66. The minimum atomic E-state index is -0.455. The molecule has 2 aromatic rings. The Balaban J connectivity index is 1.72. The molecule has 2 aromatic carbocycles. The fourth-order valence-corrected chi connectivity index (χ4v) is 3.24. The third-order valence-electron chi connectivity index (χ3n) is 3.80. The number of rotatable bonds is 3. The second kappa shape index (κ2) is 7.01. The number of nitrogens with zero attached hydrogens (tertiary/aromatic N) is 1. The first-order valence-electron chi connectivity index (χ1n) is 7.26. The van der Waals surface area contributed by atoms with E-state index in [2.05, 4.69) is 5.32 Å². The topological polar surface area (TPSA) is 49.4 Å². The Kier molecular flexibility index (Phi) is 4.99. The van der Waals surface area contributed by atoms with Crippen molar-refractivity contribution in [3.05, 3.63) is 57.5 Å². The summed E-state index contributed by atoms with van der Waals surface area (Å²) in [5, 5.41) is 4.13. The number of nitrogens with one attached hydrogen (secondary N) is 1. The molecule has 0 saturated carbocycles. The van der Waals surface area contributed by atoms with Gasteiger partial charge >= 0.3 is 0 Å². The third-order valence-corrected chi connectivity index (χ3v) is 4.59. The Bertz CT molecular complexity index is 810. The number of hydrogen-bond acceptors (Lipinski definition) is 2. The van der Waals surface area contributed by atoms with Crippen LogP contribution in [0.25, 0.3) is 0 Å².